The molecule has 44 heavy (non-hydrogen) atoms. The third-order valence-corrected chi connectivity index (χ3v) is 7.98. The van der Waals surface area contributed by atoms with Crippen molar-refractivity contribution in [2.45, 2.75) is 27.2 Å². The van der Waals surface area contributed by atoms with Gasteiger partial charge in [-0.2, -0.15) is 5.10 Å². The van der Waals surface area contributed by atoms with E-state index < -0.39 is 21.1 Å². The first kappa shape index (κ1) is 29.1. The van der Waals surface area contributed by atoms with E-state index >= 15 is 0 Å². The lowest BCUT2D eigenvalue weighted by atomic mass is 9.95. The van der Waals surface area contributed by atoms with E-state index in [2.05, 4.69) is 30.5 Å². The molecule has 0 fully saturated rings. The molecule has 0 aliphatic rings. The van der Waals surface area contributed by atoms with Crippen LogP contribution in [0.25, 0.3) is 56.0 Å². The summed E-state index contributed by atoms with van der Waals surface area (Å²) in [5, 5.41) is 10.4. The van der Waals surface area contributed by atoms with E-state index in [0.29, 0.717) is 67.2 Å². The number of sulfone groups is 1. The fourth-order valence-corrected chi connectivity index (χ4v) is 5.31. The van der Waals surface area contributed by atoms with E-state index in [-0.39, 0.29) is 18.1 Å². The number of carbonyl (C=O) groups is 1. The van der Waals surface area contributed by atoms with E-state index in [0.717, 1.165) is 6.26 Å². The van der Waals surface area contributed by atoms with Crippen LogP contribution in [0.1, 0.15) is 26.3 Å². The summed E-state index contributed by atoms with van der Waals surface area (Å²) in [6.07, 6.45) is 7.81. The number of benzene rings is 1. The van der Waals surface area contributed by atoms with Gasteiger partial charge in [-0.05, 0) is 47.9 Å². The smallest absolute Gasteiger partial charge is 0.229 e. The minimum Gasteiger partial charge on any atom is -0.335 e. The maximum absolute atomic E-state index is 14.6. The zero-order valence-electron chi connectivity index (χ0n) is 24.4. The highest BCUT2D eigenvalue weighted by Gasteiger charge is 2.22. The van der Waals surface area contributed by atoms with Gasteiger partial charge in [-0.1, -0.05) is 26.8 Å². The van der Waals surface area contributed by atoms with E-state index in [9.17, 15) is 17.6 Å². The summed E-state index contributed by atoms with van der Waals surface area (Å²) in [6, 6.07) is 9.97. The van der Waals surface area contributed by atoms with Crippen molar-refractivity contribution in [3.05, 3.63) is 72.6 Å². The van der Waals surface area contributed by atoms with Gasteiger partial charge in [-0.25, -0.2) is 22.8 Å². The monoisotopic (exact) mass is 612 g/mol. The first-order chi connectivity index (χ1) is 20.8. The number of aromatic amines is 2. The minimum atomic E-state index is -3.21. The molecule has 13 heteroatoms. The number of aromatic nitrogens is 7. The van der Waals surface area contributed by atoms with Crippen LogP contribution < -0.4 is 5.32 Å². The SMILES string of the molecule is CC(C)(C)C(=O)Nc1cncc(-c2ccc3[nH]nc(-c4nc5c(-c6cc(F)cc(CCS(C)(=O)=O)c6)cncc5[nH]4)c3n2)c1. The summed E-state index contributed by atoms with van der Waals surface area (Å²) >= 11 is 0. The van der Waals surface area contributed by atoms with Gasteiger partial charge < -0.3 is 10.3 Å². The maximum Gasteiger partial charge on any atom is 0.229 e. The van der Waals surface area contributed by atoms with Crippen LogP contribution in [0.5, 0.6) is 0 Å². The van der Waals surface area contributed by atoms with Gasteiger partial charge >= 0.3 is 0 Å². The van der Waals surface area contributed by atoms with Crippen molar-refractivity contribution in [3.63, 3.8) is 0 Å². The van der Waals surface area contributed by atoms with Gasteiger partial charge in [0.05, 0.1) is 46.1 Å². The van der Waals surface area contributed by atoms with Crippen molar-refractivity contribution in [2.24, 2.45) is 5.41 Å². The van der Waals surface area contributed by atoms with Crippen LogP contribution >= 0.6 is 0 Å². The molecule has 0 aliphatic carbocycles. The van der Waals surface area contributed by atoms with E-state index in [4.69, 9.17) is 9.97 Å². The molecule has 0 bridgehead atoms. The number of nitrogens with one attached hydrogen (secondary N) is 3. The number of aryl methyl sites for hydroxylation is 1. The molecule has 0 atom stereocenters. The highest BCUT2D eigenvalue weighted by atomic mass is 32.2. The molecule has 6 aromatic rings. The van der Waals surface area contributed by atoms with Crippen LogP contribution in [0.2, 0.25) is 0 Å². The molecular weight excluding hydrogens is 583 g/mol. The topological polar surface area (TPSA) is 159 Å². The van der Waals surface area contributed by atoms with Gasteiger partial charge in [0.2, 0.25) is 5.91 Å². The number of nitrogens with zero attached hydrogens (tertiary/aromatic N) is 5. The number of hydrogen-bond donors (Lipinski definition) is 3. The second-order valence-electron chi connectivity index (χ2n) is 11.7. The van der Waals surface area contributed by atoms with Gasteiger partial charge in [0.15, 0.2) is 11.5 Å². The standard InChI is InChI=1S/C31H29FN8O3S/c1-31(2,3)30(41)35-21-12-19(13-33-14-21)23-5-6-24-27(36-23)28(40-39-24)29-37-25-16-34-15-22(26(25)38-29)18-9-17(10-20(32)11-18)7-8-44(4,42)43/h5-6,9-16H,7-8H2,1-4H3,(H,35,41)(H,37,38)(H,39,40). The predicted octanol–water partition coefficient (Wildman–Crippen LogP) is 5.34. The summed E-state index contributed by atoms with van der Waals surface area (Å²) in [6.45, 7) is 5.51. The molecule has 5 aromatic heterocycles. The Morgan fingerprint density at radius 3 is 2.50 bits per heavy atom. The molecule has 0 spiro atoms. The van der Waals surface area contributed by atoms with Crippen molar-refractivity contribution in [1.29, 1.82) is 0 Å². The normalized spacial score (nSPS) is 12.2. The molecular formula is C31H29FN8O3S. The van der Waals surface area contributed by atoms with E-state index in [1.54, 1.807) is 30.9 Å². The van der Waals surface area contributed by atoms with Crippen LogP contribution in [-0.2, 0) is 21.1 Å². The Hall–Kier alpha value is -5.04. The average Bonchev–Trinajstić information content (AvgIpc) is 3.59. The highest BCUT2D eigenvalue weighted by Crippen LogP contribution is 2.32. The predicted molar refractivity (Wildman–Crippen MR) is 167 cm³/mol. The summed E-state index contributed by atoms with van der Waals surface area (Å²) in [7, 11) is -3.21. The quantitative estimate of drug-likeness (QED) is 0.218. The highest BCUT2D eigenvalue weighted by molar-refractivity contribution is 7.90. The molecule has 1 aromatic carbocycles. The number of amides is 1. The van der Waals surface area contributed by atoms with Gasteiger partial charge in [-0.3, -0.25) is 19.9 Å². The number of imidazole rings is 1. The Labute approximate surface area is 252 Å². The number of hydrogen-bond acceptors (Lipinski definition) is 8. The zero-order chi connectivity index (χ0) is 31.2. The second-order valence-corrected chi connectivity index (χ2v) is 14.0. The van der Waals surface area contributed by atoms with Crippen LogP contribution in [0.15, 0.2) is 61.2 Å². The lowest BCUT2D eigenvalue weighted by molar-refractivity contribution is -0.123. The second kappa shape index (κ2) is 10.9. The van der Waals surface area contributed by atoms with Crippen LogP contribution in [0.4, 0.5) is 10.1 Å². The van der Waals surface area contributed by atoms with E-state index in [1.165, 1.54) is 12.1 Å². The average molecular weight is 613 g/mol. The first-order valence-corrected chi connectivity index (χ1v) is 15.8. The Balaban J connectivity index is 1.37. The minimum absolute atomic E-state index is 0.0853. The number of anilines is 1. The Kier molecular flexibility index (Phi) is 7.20. The van der Waals surface area contributed by atoms with Crippen molar-refractivity contribution in [2.75, 3.05) is 17.3 Å². The lowest BCUT2D eigenvalue weighted by Crippen LogP contribution is -2.27. The van der Waals surface area contributed by atoms with Gasteiger partial charge in [0, 0.05) is 35.2 Å². The van der Waals surface area contributed by atoms with Crippen molar-refractivity contribution >= 4 is 43.5 Å². The summed E-state index contributed by atoms with van der Waals surface area (Å²) in [5.41, 5.74) is 5.89. The molecule has 0 unspecified atom stereocenters. The van der Waals surface area contributed by atoms with Gasteiger partial charge in [-0.15, -0.1) is 0 Å². The number of pyridine rings is 3. The largest absolute Gasteiger partial charge is 0.335 e. The van der Waals surface area contributed by atoms with Gasteiger partial charge in [0.25, 0.3) is 0 Å². The van der Waals surface area contributed by atoms with Crippen LogP contribution in [0.3, 0.4) is 0 Å². The molecule has 1 amide bonds. The number of H-pyrrole nitrogens is 2. The first-order valence-electron chi connectivity index (χ1n) is 13.8. The molecule has 5 heterocycles. The Morgan fingerprint density at radius 1 is 0.932 bits per heavy atom. The summed E-state index contributed by atoms with van der Waals surface area (Å²) in [4.78, 5) is 34.0. The van der Waals surface area contributed by atoms with Crippen molar-refractivity contribution < 1.29 is 17.6 Å². The summed E-state index contributed by atoms with van der Waals surface area (Å²) in [5.74, 6) is -0.259. The molecule has 0 saturated carbocycles. The fraction of sp³-hybridized carbons (Fsp3) is 0.226. The number of carbonyl (C=O) groups excluding carboxylic acids is 1. The maximum atomic E-state index is 14.6. The zero-order valence-corrected chi connectivity index (χ0v) is 25.3. The molecule has 0 aliphatic heterocycles. The number of halogens is 1. The fourth-order valence-electron chi connectivity index (χ4n) is 4.70. The molecule has 11 nitrogen and oxygen atoms in total. The number of fused-ring (bicyclic) bond motifs is 2. The van der Waals surface area contributed by atoms with Gasteiger partial charge in [0.1, 0.15) is 21.2 Å². The third-order valence-electron chi connectivity index (χ3n) is 7.03. The Morgan fingerprint density at radius 2 is 1.73 bits per heavy atom. The molecule has 3 N–H and O–H groups in total. The van der Waals surface area contributed by atoms with Crippen LogP contribution in [-0.4, -0.2) is 61.5 Å². The van der Waals surface area contributed by atoms with Crippen molar-refractivity contribution in [3.8, 4) is 33.9 Å². The molecule has 224 valence electrons. The Bertz CT molecular complexity index is 2170. The summed E-state index contributed by atoms with van der Waals surface area (Å²) < 4.78 is 37.9. The van der Waals surface area contributed by atoms with E-state index in [1.807, 2.05) is 39.0 Å². The molecule has 0 radical (unpaired) electrons. The number of rotatable bonds is 7. The molecule has 6 rings (SSSR count). The van der Waals surface area contributed by atoms with Crippen molar-refractivity contribution in [1.82, 2.24) is 35.1 Å². The third kappa shape index (κ3) is 6.04. The van der Waals surface area contributed by atoms with Crippen LogP contribution in [0, 0.1) is 11.2 Å². The lowest BCUT2D eigenvalue weighted by Gasteiger charge is -2.17. The molecule has 0 saturated heterocycles.